The maximum absolute atomic E-state index is 13.7. The molecule has 0 spiro atoms. The Morgan fingerprint density at radius 3 is 2.21 bits per heavy atom. The van der Waals surface area contributed by atoms with E-state index in [1.807, 2.05) is 13.8 Å². The largest absolute Gasteiger partial charge is 0.478 e. The molecule has 240 valence electrons. The van der Waals surface area contributed by atoms with E-state index in [2.05, 4.69) is 26.3 Å². The van der Waals surface area contributed by atoms with E-state index in [-0.39, 0.29) is 35.2 Å². The number of ether oxygens (including phenoxy) is 1. The van der Waals surface area contributed by atoms with Crippen molar-refractivity contribution in [3.63, 3.8) is 0 Å². The first kappa shape index (κ1) is 35.3. The highest BCUT2D eigenvalue weighted by Gasteiger charge is 2.37. The zero-order valence-corrected chi connectivity index (χ0v) is 26.3. The molecule has 1 saturated carbocycles. The van der Waals surface area contributed by atoms with Gasteiger partial charge in [0.05, 0.1) is 17.6 Å². The van der Waals surface area contributed by atoms with Crippen LogP contribution in [0.15, 0.2) is 12.4 Å². The van der Waals surface area contributed by atoms with Gasteiger partial charge >= 0.3 is 12.1 Å². The Morgan fingerprint density at radius 2 is 1.65 bits per heavy atom. The third-order valence-electron chi connectivity index (χ3n) is 7.43. The van der Waals surface area contributed by atoms with Crippen LogP contribution >= 0.6 is 0 Å². The second kappa shape index (κ2) is 15.0. The predicted octanol–water partition coefficient (Wildman–Crippen LogP) is 3.59. The minimum atomic E-state index is -1.28. The Hall–Kier alpha value is -3.90. The zero-order chi connectivity index (χ0) is 32.5. The van der Waals surface area contributed by atoms with E-state index in [0.29, 0.717) is 6.42 Å². The number of hydrogen-bond acceptors (Lipinski definition) is 8. The van der Waals surface area contributed by atoms with Crippen molar-refractivity contribution in [1.29, 1.82) is 0 Å². The van der Waals surface area contributed by atoms with Gasteiger partial charge in [0.15, 0.2) is 0 Å². The fourth-order valence-electron chi connectivity index (χ4n) is 5.04. The lowest BCUT2D eigenvalue weighted by molar-refractivity contribution is -0.133. The molecule has 3 atom stereocenters. The number of pyridine rings is 1. The number of aromatic nitrogens is 1. The molecule has 43 heavy (non-hydrogen) atoms. The number of anilines is 2. The van der Waals surface area contributed by atoms with Crippen LogP contribution in [-0.4, -0.2) is 63.1 Å². The van der Waals surface area contributed by atoms with Crippen LogP contribution in [0.4, 0.5) is 16.2 Å². The molecular weight excluding hydrogens is 556 g/mol. The number of carboxylic acids is 1. The van der Waals surface area contributed by atoms with Gasteiger partial charge in [-0.05, 0) is 59.3 Å². The smallest absolute Gasteiger partial charge is 0.408 e. The second-order valence-electron chi connectivity index (χ2n) is 12.9. The molecular formula is C30H48N6O7. The number of nitrogen functional groups attached to an aromatic ring is 1. The average molecular weight is 605 g/mol. The molecule has 0 aliphatic heterocycles. The predicted molar refractivity (Wildman–Crippen MR) is 162 cm³/mol. The van der Waals surface area contributed by atoms with E-state index in [1.165, 1.54) is 6.20 Å². The van der Waals surface area contributed by atoms with Gasteiger partial charge in [-0.2, -0.15) is 0 Å². The SMILES string of the molecule is CCC(C)[C@H](NC(=O)OC(C)(C)C)C(=O)N[C@H](C(=O)NC(C)(C)CC(=O)Nc1cncc(C(=O)O)c1N)C1CCCCC1. The van der Waals surface area contributed by atoms with Crippen LogP contribution < -0.4 is 27.0 Å². The minimum absolute atomic E-state index is 0.0490. The third-order valence-corrected chi connectivity index (χ3v) is 7.43. The normalized spacial score (nSPS) is 16.3. The molecule has 13 nitrogen and oxygen atoms in total. The maximum Gasteiger partial charge on any atom is 0.408 e. The molecule has 1 aromatic heterocycles. The van der Waals surface area contributed by atoms with Crippen LogP contribution in [0.25, 0.3) is 0 Å². The number of nitrogens with one attached hydrogen (secondary N) is 4. The molecule has 2 rings (SSSR count). The lowest BCUT2D eigenvalue weighted by Crippen LogP contribution is -2.60. The first-order chi connectivity index (χ1) is 19.9. The Labute approximate surface area is 253 Å². The van der Waals surface area contributed by atoms with E-state index in [1.54, 1.807) is 34.6 Å². The van der Waals surface area contributed by atoms with E-state index >= 15 is 0 Å². The van der Waals surface area contributed by atoms with Crippen LogP contribution in [0.3, 0.4) is 0 Å². The van der Waals surface area contributed by atoms with E-state index in [9.17, 15) is 29.1 Å². The molecule has 13 heteroatoms. The molecule has 0 saturated heterocycles. The molecule has 1 aromatic rings. The Kier molecular flexibility index (Phi) is 12.3. The monoisotopic (exact) mass is 604 g/mol. The fourth-order valence-corrected chi connectivity index (χ4v) is 5.04. The average Bonchev–Trinajstić information content (AvgIpc) is 2.89. The number of nitrogens with two attached hydrogens (primary N) is 1. The van der Waals surface area contributed by atoms with E-state index in [0.717, 1.165) is 38.3 Å². The standard InChI is InChI=1S/C30H48N6O7/c1-8-17(2)23(35-28(42)43-29(3,4)5)25(38)34-24(18-12-10-9-11-13-18)26(39)36-30(6,7)14-21(37)33-20-16-32-15-19(22(20)31)27(40)41/h15-18,23-24H,8-14H2,1-7H3,(H2,31,32)(H,33,37)(H,34,38)(H,35,42)(H,36,39)(H,40,41)/t17?,23-,24-/m0/s1. The summed E-state index contributed by atoms with van der Waals surface area (Å²) in [6.45, 7) is 12.3. The summed E-state index contributed by atoms with van der Waals surface area (Å²) in [7, 11) is 0. The van der Waals surface area contributed by atoms with Crippen molar-refractivity contribution in [2.24, 2.45) is 11.8 Å². The highest BCUT2D eigenvalue weighted by atomic mass is 16.6. The van der Waals surface area contributed by atoms with Crippen molar-refractivity contribution >= 4 is 41.2 Å². The maximum atomic E-state index is 13.7. The minimum Gasteiger partial charge on any atom is -0.478 e. The lowest BCUT2D eigenvalue weighted by atomic mass is 9.82. The van der Waals surface area contributed by atoms with Crippen molar-refractivity contribution in [3.8, 4) is 0 Å². The van der Waals surface area contributed by atoms with Crippen LogP contribution in [0.1, 0.15) is 104 Å². The van der Waals surface area contributed by atoms with Gasteiger partial charge in [0, 0.05) is 18.2 Å². The first-order valence-corrected chi connectivity index (χ1v) is 14.8. The molecule has 1 aliphatic carbocycles. The van der Waals surface area contributed by atoms with Crippen molar-refractivity contribution in [2.45, 2.75) is 117 Å². The molecule has 1 aliphatic rings. The summed E-state index contributed by atoms with van der Waals surface area (Å²) in [6.07, 6.45) is 6.44. The van der Waals surface area contributed by atoms with Crippen molar-refractivity contribution < 1.29 is 33.8 Å². The lowest BCUT2D eigenvalue weighted by Gasteiger charge is -2.35. The van der Waals surface area contributed by atoms with Gasteiger partial charge in [0.25, 0.3) is 0 Å². The van der Waals surface area contributed by atoms with Crippen molar-refractivity contribution in [2.75, 3.05) is 11.1 Å². The van der Waals surface area contributed by atoms with Crippen molar-refractivity contribution in [3.05, 3.63) is 18.0 Å². The molecule has 0 bridgehead atoms. The second-order valence-corrected chi connectivity index (χ2v) is 12.9. The van der Waals surface area contributed by atoms with Crippen LogP contribution in [0.2, 0.25) is 0 Å². The number of hydrogen-bond donors (Lipinski definition) is 6. The summed E-state index contributed by atoms with van der Waals surface area (Å²) < 4.78 is 5.36. The zero-order valence-electron chi connectivity index (χ0n) is 26.3. The number of rotatable bonds is 12. The summed E-state index contributed by atoms with van der Waals surface area (Å²) in [6, 6.07) is -1.80. The highest BCUT2D eigenvalue weighted by molar-refractivity contribution is 6.01. The van der Waals surface area contributed by atoms with Crippen LogP contribution in [0, 0.1) is 11.8 Å². The molecule has 1 heterocycles. The summed E-state index contributed by atoms with van der Waals surface area (Å²) in [5.74, 6) is -3.07. The van der Waals surface area contributed by atoms with Gasteiger partial charge in [0.1, 0.15) is 23.2 Å². The summed E-state index contributed by atoms with van der Waals surface area (Å²) in [5.41, 5.74) is 3.77. The summed E-state index contributed by atoms with van der Waals surface area (Å²) in [5, 5.41) is 20.3. The van der Waals surface area contributed by atoms with E-state index in [4.69, 9.17) is 10.5 Å². The number of carbonyl (C=O) groups is 5. The summed E-state index contributed by atoms with van der Waals surface area (Å²) >= 11 is 0. The third kappa shape index (κ3) is 11.0. The molecule has 1 fully saturated rings. The highest BCUT2D eigenvalue weighted by Crippen LogP contribution is 2.28. The Morgan fingerprint density at radius 1 is 1.02 bits per heavy atom. The topological polar surface area (TPSA) is 202 Å². The number of carbonyl (C=O) groups excluding carboxylic acids is 4. The molecule has 1 unspecified atom stereocenters. The van der Waals surface area contributed by atoms with Crippen molar-refractivity contribution in [1.82, 2.24) is 20.9 Å². The Bertz CT molecular complexity index is 1170. The number of alkyl carbamates (subject to hydrolysis) is 1. The van der Waals surface area contributed by atoms with E-state index < -0.39 is 53.0 Å². The molecule has 7 N–H and O–H groups in total. The first-order valence-electron chi connectivity index (χ1n) is 14.8. The van der Waals surface area contributed by atoms with Gasteiger partial charge in [-0.1, -0.05) is 39.5 Å². The van der Waals surface area contributed by atoms with Gasteiger partial charge in [-0.3, -0.25) is 19.4 Å². The number of carboxylic acid groups (broad SMARTS) is 1. The molecule has 4 amide bonds. The molecule has 0 radical (unpaired) electrons. The number of nitrogens with zero attached hydrogens (tertiary/aromatic N) is 1. The molecule has 0 aromatic carbocycles. The van der Waals surface area contributed by atoms with Gasteiger partial charge in [-0.15, -0.1) is 0 Å². The number of amides is 4. The quantitative estimate of drug-likeness (QED) is 0.206. The van der Waals surface area contributed by atoms with Crippen LogP contribution in [-0.2, 0) is 19.1 Å². The summed E-state index contributed by atoms with van der Waals surface area (Å²) in [4.78, 5) is 67.9. The van der Waals surface area contributed by atoms with Crippen LogP contribution in [0.5, 0.6) is 0 Å². The fraction of sp³-hybridized carbons (Fsp3) is 0.667. The van der Waals surface area contributed by atoms with Gasteiger partial charge < -0.3 is 36.8 Å². The number of aromatic carboxylic acids is 1. The Balaban J connectivity index is 2.19. The van der Waals surface area contributed by atoms with Gasteiger partial charge in [-0.25, -0.2) is 9.59 Å². The van der Waals surface area contributed by atoms with Gasteiger partial charge in [0.2, 0.25) is 17.7 Å².